The molecule has 0 saturated heterocycles. The molecule has 0 aromatic carbocycles. The Labute approximate surface area is 146 Å². The van der Waals surface area contributed by atoms with Crippen LogP contribution in [0.3, 0.4) is 0 Å². The first-order valence-electron chi connectivity index (χ1n) is 10.5. The van der Waals surface area contributed by atoms with E-state index in [1.807, 2.05) is 0 Å². The summed E-state index contributed by atoms with van der Waals surface area (Å²) >= 11 is 0. The second-order valence-electron chi connectivity index (χ2n) is 9.73. The monoisotopic (exact) mass is 318 g/mol. The highest BCUT2D eigenvalue weighted by atomic mass is 14.6. The fourth-order valence-corrected chi connectivity index (χ4v) is 6.04. The van der Waals surface area contributed by atoms with Gasteiger partial charge in [-0.05, 0) is 78.9 Å². The summed E-state index contributed by atoms with van der Waals surface area (Å²) < 4.78 is 0. The lowest BCUT2D eigenvalue weighted by Crippen LogP contribution is -2.44. The number of rotatable bonds is 2. The van der Waals surface area contributed by atoms with Crippen LogP contribution in [0.2, 0.25) is 0 Å². The summed E-state index contributed by atoms with van der Waals surface area (Å²) in [5, 5.41) is 0. The van der Waals surface area contributed by atoms with Gasteiger partial charge < -0.3 is 0 Å². The predicted octanol–water partition coefficient (Wildman–Crippen LogP) is 7.35. The average molecular weight is 319 g/mol. The molecule has 2 fully saturated rings. The molecule has 3 aliphatic carbocycles. The van der Waals surface area contributed by atoms with Gasteiger partial charge in [-0.15, -0.1) is 0 Å². The molecule has 0 heterocycles. The smallest absolute Gasteiger partial charge is 0.0231 e. The molecular weight excluding hydrogens is 276 g/mol. The normalized spacial score (nSPS) is 42.2. The predicted molar refractivity (Wildman–Crippen MR) is 103 cm³/mol. The lowest BCUT2D eigenvalue weighted by atomic mass is 9.53. The molecule has 0 spiro atoms. The van der Waals surface area contributed by atoms with Gasteiger partial charge in [-0.3, -0.25) is 0 Å². The average Bonchev–Trinajstić information content (AvgIpc) is 2.86. The van der Waals surface area contributed by atoms with Crippen LogP contribution in [0.1, 0.15) is 87.0 Å². The molecule has 2 saturated carbocycles. The molecule has 6 atom stereocenters. The second kappa shape index (κ2) is 7.75. The minimum Gasteiger partial charge on any atom is -0.0880 e. The highest BCUT2D eigenvalue weighted by Crippen LogP contribution is 2.62. The fourth-order valence-electron chi connectivity index (χ4n) is 6.04. The molecule has 0 amide bonds. The van der Waals surface area contributed by atoms with Crippen LogP contribution in [-0.4, -0.2) is 0 Å². The highest BCUT2D eigenvalue weighted by Gasteiger charge is 2.54. The maximum absolute atomic E-state index is 2.63. The summed E-state index contributed by atoms with van der Waals surface area (Å²) in [5.74, 6) is 6.63. The van der Waals surface area contributed by atoms with Gasteiger partial charge in [0.2, 0.25) is 0 Å². The Morgan fingerprint density at radius 3 is 2.26 bits per heavy atom. The van der Waals surface area contributed by atoms with E-state index in [1.54, 1.807) is 0 Å². The quantitative estimate of drug-likeness (QED) is 0.467. The Hall–Kier alpha value is -0.260. The maximum atomic E-state index is 2.63. The molecule has 0 nitrogen and oxygen atoms in total. The zero-order valence-electron chi connectivity index (χ0n) is 16.9. The van der Waals surface area contributed by atoms with Gasteiger partial charge in [-0.25, -0.2) is 0 Å². The van der Waals surface area contributed by atoms with Gasteiger partial charge in [0.1, 0.15) is 0 Å². The third-order valence-corrected chi connectivity index (χ3v) is 7.71. The molecule has 3 aliphatic rings. The summed E-state index contributed by atoms with van der Waals surface area (Å²) in [5.41, 5.74) is 0.667. The van der Waals surface area contributed by atoms with Gasteiger partial charge >= 0.3 is 0 Å². The Morgan fingerprint density at radius 2 is 1.70 bits per heavy atom. The topological polar surface area (TPSA) is 0 Å². The molecule has 23 heavy (non-hydrogen) atoms. The van der Waals surface area contributed by atoms with Crippen molar-refractivity contribution in [3.63, 3.8) is 0 Å². The summed E-state index contributed by atoms with van der Waals surface area (Å²) in [6, 6.07) is 0. The van der Waals surface area contributed by atoms with Gasteiger partial charge in [0.25, 0.3) is 0 Å². The van der Waals surface area contributed by atoms with Crippen molar-refractivity contribution in [3.8, 4) is 0 Å². The molecular formula is C23H42. The van der Waals surface area contributed by atoms with Crippen molar-refractivity contribution >= 4 is 0 Å². The van der Waals surface area contributed by atoms with Crippen LogP contribution in [-0.2, 0) is 0 Å². The van der Waals surface area contributed by atoms with Crippen molar-refractivity contribution < 1.29 is 0 Å². The van der Waals surface area contributed by atoms with Crippen LogP contribution in [0.5, 0.6) is 0 Å². The van der Waals surface area contributed by atoms with E-state index in [2.05, 4.69) is 60.6 Å². The molecule has 0 N–H and O–H groups in total. The number of fused-ring (bicyclic) bond motifs is 3. The zero-order valence-corrected chi connectivity index (χ0v) is 16.9. The van der Waals surface area contributed by atoms with E-state index in [1.165, 1.54) is 38.5 Å². The van der Waals surface area contributed by atoms with E-state index in [9.17, 15) is 0 Å². The summed E-state index contributed by atoms with van der Waals surface area (Å²) in [6.07, 6.45) is 13.7. The first kappa shape index (κ1) is 19.1. The number of hydrogen-bond donors (Lipinski definition) is 0. The highest BCUT2D eigenvalue weighted by molar-refractivity contribution is 5.09. The molecule has 0 aliphatic heterocycles. The summed E-state index contributed by atoms with van der Waals surface area (Å²) in [6.45, 7) is 16.6. The molecule has 3 rings (SSSR count). The Morgan fingerprint density at radius 1 is 1.04 bits per heavy atom. The fraction of sp³-hybridized carbons (Fsp3) is 0.913. The second-order valence-corrected chi connectivity index (χ2v) is 9.73. The van der Waals surface area contributed by atoms with Crippen LogP contribution in [0.15, 0.2) is 12.2 Å². The third kappa shape index (κ3) is 3.88. The van der Waals surface area contributed by atoms with E-state index in [0.717, 1.165) is 41.4 Å². The van der Waals surface area contributed by atoms with Crippen molar-refractivity contribution in [2.75, 3.05) is 0 Å². The van der Waals surface area contributed by atoms with Crippen molar-refractivity contribution in [3.05, 3.63) is 12.2 Å². The number of hydrogen-bond acceptors (Lipinski definition) is 0. The summed E-state index contributed by atoms with van der Waals surface area (Å²) in [4.78, 5) is 0. The van der Waals surface area contributed by atoms with Crippen LogP contribution in [0.4, 0.5) is 0 Å². The maximum Gasteiger partial charge on any atom is -0.0231 e. The van der Waals surface area contributed by atoms with Gasteiger partial charge in [0.15, 0.2) is 0 Å². The lowest BCUT2D eigenvalue weighted by Gasteiger charge is -2.52. The molecule has 0 heteroatoms. The third-order valence-electron chi connectivity index (χ3n) is 7.71. The van der Waals surface area contributed by atoms with Crippen LogP contribution in [0, 0.1) is 46.8 Å². The van der Waals surface area contributed by atoms with Crippen molar-refractivity contribution in [1.29, 1.82) is 0 Å². The van der Waals surface area contributed by atoms with Crippen LogP contribution in [0.25, 0.3) is 0 Å². The van der Waals surface area contributed by atoms with Crippen molar-refractivity contribution in [2.45, 2.75) is 87.0 Å². The van der Waals surface area contributed by atoms with Crippen molar-refractivity contribution in [1.82, 2.24) is 0 Å². The van der Waals surface area contributed by atoms with E-state index in [-0.39, 0.29) is 0 Å². The standard InChI is InChI=1S/C18H30.C5H12/c1-12(2)16-8-9-17-15-7-5-6-13(3)14(15)10-11-18(16,17)4;1-4-5(2)3/h5-6,12-17H,7-11H2,1-4H3;5H,4H2,1-3H3. The Bertz CT molecular complexity index is 391. The van der Waals surface area contributed by atoms with Crippen molar-refractivity contribution in [2.24, 2.45) is 46.8 Å². The SMILES string of the molecule is CC(C)C1CCC2C3CC=CC(C)C3CCC12C.CCC(C)C. The molecule has 0 aromatic heterocycles. The minimum atomic E-state index is 0.667. The largest absolute Gasteiger partial charge is 0.0880 e. The van der Waals surface area contributed by atoms with E-state index < -0.39 is 0 Å². The number of allylic oxidation sites excluding steroid dienone is 2. The van der Waals surface area contributed by atoms with Crippen LogP contribution < -0.4 is 0 Å². The van der Waals surface area contributed by atoms with Gasteiger partial charge in [-0.2, -0.15) is 0 Å². The zero-order chi connectivity index (χ0) is 17.2. The Kier molecular flexibility index (Phi) is 6.42. The van der Waals surface area contributed by atoms with Gasteiger partial charge in [-0.1, -0.05) is 67.0 Å². The molecule has 0 radical (unpaired) electrons. The molecule has 6 unspecified atom stereocenters. The van der Waals surface area contributed by atoms with E-state index >= 15 is 0 Å². The molecule has 0 aromatic rings. The molecule has 0 bridgehead atoms. The minimum absolute atomic E-state index is 0.667. The van der Waals surface area contributed by atoms with Gasteiger partial charge in [0, 0.05) is 0 Å². The first-order chi connectivity index (χ1) is 10.8. The molecule has 134 valence electrons. The van der Waals surface area contributed by atoms with Gasteiger partial charge in [0.05, 0.1) is 0 Å². The van der Waals surface area contributed by atoms with E-state index in [0.29, 0.717) is 5.41 Å². The van der Waals surface area contributed by atoms with Crippen LogP contribution >= 0.6 is 0 Å². The first-order valence-corrected chi connectivity index (χ1v) is 10.5. The Balaban J connectivity index is 0.000000338. The van der Waals surface area contributed by atoms with E-state index in [4.69, 9.17) is 0 Å². The lowest BCUT2D eigenvalue weighted by molar-refractivity contribution is -0.0136. The summed E-state index contributed by atoms with van der Waals surface area (Å²) in [7, 11) is 0.